The number of nitrogens with zero attached hydrogens (tertiary/aromatic N) is 4. The first-order valence-electron chi connectivity index (χ1n) is 8.27. The number of fused-ring (bicyclic) bond motifs is 1. The first-order chi connectivity index (χ1) is 12.1. The van der Waals surface area contributed by atoms with Crippen LogP contribution >= 0.6 is 0 Å². The molecular weight excluding hydrogens is 320 g/mol. The van der Waals surface area contributed by atoms with E-state index in [1.165, 1.54) is 16.5 Å². The average molecular weight is 338 g/mol. The molecule has 0 aliphatic carbocycles. The quantitative estimate of drug-likeness (QED) is 0.726. The third-order valence-electron chi connectivity index (χ3n) is 4.75. The smallest absolute Gasteiger partial charge is 0.267 e. The van der Waals surface area contributed by atoms with E-state index in [4.69, 9.17) is 4.52 Å². The Hall–Kier alpha value is -2.96. The van der Waals surface area contributed by atoms with E-state index in [0.29, 0.717) is 30.1 Å². The van der Waals surface area contributed by atoms with Crippen LogP contribution < -0.4 is 5.56 Å². The number of hydrogen-bond acceptors (Lipinski definition) is 5. The van der Waals surface area contributed by atoms with E-state index in [0.717, 1.165) is 6.42 Å². The SMILES string of the molecule is Cc1noc2ncn(CC(=O)N3CC[C@@H](c4ccccc4)C3)c(=O)c12. The van der Waals surface area contributed by atoms with Crippen LogP contribution in [0.5, 0.6) is 0 Å². The lowest BCUT2D eigenvalue weighted by Gasteiger charge is -2.17. The minimum atomic E-state index is -0.295. The molecule has 0 unspecified atom stereocenters. The van der Waals surface area contributed by atoms with Crippen molar-refractivity contribution in [1.82, 2.24) is 19.6 Å². The fraction of sp³-hybridized carbons (Fsp3) is 0.333. The van der Waals surface area contributed by atoms with E-state index in [1.807, 2.05) is 23.1 Å². The van der Waals surface area contributed by atoms with Crippen LogP contribution in [0.1, 0.15) is 23.6 Å². The van der Waals surface area contributed by atoms with Crippen LogP contribution in [0.25, 0.3) is 11.1 Å². The number of aryl methyl sites for hydroxylation is 1. The Morgan fingerprint density at radius 2 is 2.12 bits per heavy atom. The minimum absolute atomic E-state index is 0.0199. The van der Waals surface area contributed by atoms with Crippen LogP contribution in [0.3, 0.4) is 0 Å². The summed E-state index contributed by atoms with van der Waals surface area (Å²) in [5.74, 6) is 0.276. The molecule has 1 aliphatic rings. The van der Waals surface area contributed by atoms with E-state index >= 15 is 0 Å². The van der Waals surface area contributed by atoms with Crippen molar-refractivity contribution >= 4 is 17.0 Å². The Balaban J connectivity index is 1.50. The number of likely N-dealkylation sites (tertiary alicyclic amines) is 1. The number of hydrogen-bond donors (Lipinski definition) is 0. The van der Waals surface area contributed by atoms with Crippen molar-refractivity contribution in [3.63, 3.8) is 0 Å². The normalized spacial score (nSPS) is 17.3. The summed E-state index contributed by atoms with van der Waals surface area (Å²) in [5, 5.41) is 4.08. The third kappa shape index (κ3) is 2.82. The molecule has 4 rings (SSSR count). The van der Waals surface area contributed by atoms with Crippen molar-refractivity contribution in [3.8, 4) is 0 Å². The molecule has 1 amide bonds. The Morgan fingerprint density at radius 3 is 2.92 bits per heavy atom. The number of aromatic nitrogens is 3. The predicted molar refractivity (Wildman–Crippen MR) is 91.2 cm³/mol. The van der Waals surface area contributed by atoms with Crippen molar-refractivity contribution in [1.29, 1.82) is 0 Å². The topological polar surface area (TPSA) is 81.2 Å². The predicted octanol–water partition coefficient (Wildman–Crippen LogP) is 1.71. The molecule has 3 heterocycles. The Kier molecular flexibility index (Phi) is 3.83. The molecular formula is C18H18N4O3. The highest BCUT2D eigenvalue weighted by Gasteiger charge is 2.27. The van der Waals surface area contributed by atoms with Gasteiger partial charge in [0.1, 0.15) is 18.3 Å². The van der Waals surface area contributed by atoms with Crippen molar-refractivity contribution < 1.29 is 9.32 Å². The summed E-state index contributed by atoms with van der Waals surface area (Å²) in [6.07, 6.45) is 2.28. The highest BCUT2D eigenvalue weighted by Crippen LogP contribution is 2.27. The summed E-state index contributed by atoms with van der Waals surface area (Å²) >= 11 is 0. The maximum absolute atomic E-state index is 12.6. The van der Waals surface area contributed by atoms with Gasteiger partial charge in [0.15, 0.2) is 0 Å². The van der Waals surface area contributed by atoms with E-state index in [-0.39, 0.29) is 23.7 Å². The van der Waals surface area contributed by atoms with E-state index < -0.39 is 0 Å². The fourth-order valence-corrected chi connectivity index (χ4v) is 3.35. The number of rotatable bonds is 3. The number of carbonyl (C=O) groups excluding carboxylic acids is 1. The van der Waals surface area contributed by atoms with Gasteiger partial charge in [0.25, 0.3) is 11.3 Å². The Morgan fingerprint density at radius 1 is 1.32 bits per heavy atom. The van der Waals surface area contributed by atoms with Crippen LogP contribution in [-0.4, -0.2) is 38.6 Å². The second kappa shape index (κ2) is 6.16. The lowest BCUT2D eigenvalue weighted by atomic mass is 9.99. The van der Waals surface area contributed by atoms with Gasteiger partial charge in [-0.2, -0.15) is 0 Å². The zero-order valence-electron chi connectivity index (χ0n) is 13.9. The van der Waals surface area contributed by atoms with Crippen molar-refractivity contribution in [2.24, 2.45) is 0 Å². The second-order valence-electron chi connectivity index (χ2n) is 6.36. The first-order valence-corrected chi connectivity index (χ1v) is 8.27. The van der Waals surface area contributed by atoms with Crippen molar-refractivity contribution in [2.45, 2.75) is 25.8 Å². The van der Waals surface area contributed by atoms with Gasteiger partial charge in [-0.15, -0.1) is 0 Å². The summed E-state index contributed by atoms with van der Waals surface area (Å²) in [4.78, 5) is 31.0. The molecule has 0 spiro atoms. The molecule has 0 saturated carbocycles. The van der Waals surface area contributed by atoms with Crippen LogP contribution in [0, 0.1) is 6.92 Å². The molecule has 1 atom stereocenters. The van der Waals surface area contributed by atoms with Gasteiger partial charge in [-0.1, -0.05) is 35.5 Å². The zero-order valence-corrected chi connectivity index (χ0v) is 13.9. The van der Waals surface area contributed by atoms with Gasteiger partial charge in [0, 0.05) is 19.0 Å². The van der Waals surface area contributed by atoms with Gasteiger partial charge in [-0.05, 0) is 18.9 Å². The molecule has 1 saturated heterocycles. The Bertz CT molecular complexity index is 977. The highest BCUT2D eigenvalue weighted by atomic mass is 16.5. The van der Waals surface area contributed by atoms with Gasteiger partial charge in [0.2, 0.25) is 5.91 Å². The van der Waals surface area contributed by atoms with Crippen LogP contribution in [0.15, 0.2) is 46.0 Å². The average Bonchev–Trinajstić information content (AvgIpc) is 3.26. The number of carbonyl (C=O) groups is 1. The second-order valence-corrected chi connectivity index (χ2v) is 6.36. The van der Waals surface area contributed by atoms with E-state index in [2.05, 4.69) is 22.3 Å². The fourth-order valence-electron chi connectivity index (χ4n) is 3.35. The summed E-state index contributed by atoms with van der Waals surface area (Å²) in [6, 6.07) is 10.2. The minimum Gasteiger partial charge on any atom is -0.341 e. The van der Waals surface area contributed by atoms with Gasteiger partial charge >= 0.3 is 0 Å². The molecule has 0 radical (unpaired) electrons. The molecule has 25 heavy (non-hydrogen) atoms. The Labute approximate surface area is 143 Å². The lowest BCUT2D eigenvalue weighted by molar-refractivity contribution is -0.130. The molecule has 1 aliphatic heterocycles. The zero-order chi connectivity index (χ0) is 17.4. The number of benzene rings is 1. The number of amides is 1. The molecule has 7 nitrogen and oxygen atoms in total. The highest BCUT2D eigenvalue weighted by molar-refractivity contribution is 5.78. The summed E-state index contributed by atoms with van der Waals surface area (Å²) < 4.78 is 6.31. The largest absolute Gasteiger partial charge is 0.341 e. The summed E-state index contributed by atoms with van der Waals surface area (Å²) in [7, 11) is 0. The third-order valence-corrected chi connectivity index (χ3v) is 4.75. The summed E-state index contributed by atoms with van der Waals surface area (Å²) in [6.45, 7) is 3.05. The molecule has 3 aromatic rings. The maximum atomic E-state index is 12.6. The van der Waals surface area contributed by atoms with Crippen molar-refractivity contribution in [2.75, 3.05) is 13.1 Å². The molecule has 0 N–H and O–H groups in total. The molecule has 1 aromatic carbocycles. The van der Waals surface area contributed by atoms with E-state index in [1.54, 1.807) is 6.92 Å². The monoisotopic (exact) mass is 338 g/mol. The van der Waals surface area contributed by atoms with Crippen LogP contribution in [-0.2, 0) is 11.3 Å². The van der Waals surface area contributed by atoms with E-state index in [9.17, 15) is 9.59 Å². The molecule has 0 bridgehead atoms. The maximum Gasteiger partial charge on any atom is 0.267 e. The lowest BCUT2D eigenvalue weighted by Crippen LogP contribution is -2.35. The van der Waals surface area contributed by atoms with Crippen LogP contribution in [0.2, 0.25) is 0 Å². The van der Waals surface area contributed by atoms with Gasteiger partial charge in [-0.25, -0.2) is 4.98 Å². The molecule has 1 fully saturated rings. The van der Waals surface area contributed by atoms with Gasteiger partial charge in [-0.3, -0.25) is 14.2 Å². The summed E-state index contributed by atoms with van der Waals surface area (Å²) in [5.41, 5.74) is 1.64. The first kappa shape index (κ1) is 15.6. The van der Waals surface area contributed by atoms with Crippen molar-refractivity contribution in [3.05, 3.63) is 58.3 Å². The molecule has 7 heteroatoms. The van der Waals surface area contributed by atoms with Gasteiger partial charge < -0.3 is 9.42 Å². The molecule has 2 aromatic heterocycles. The van der Waals surface area contributed by atoms with Gasteiger partial charge in [0.05, 0.1) is 5.69 Å². The standard InChI is InChI=1S/C18H18N4O3/c1-12-16-17(25-20-12)19-11-22(18(16)24)10-15(23)21-8-7-14(9-21)13-5-3-2-4-6-13/h2-6,11,14H,7-10H2,1H3/t14-/m1/s1. The van der Waals surface area contributed by atoms with Crippen LogP contribution in [0.4, 0.5) is 0 Å². The molecule has 128 valence electrons.